The largest absolute Gasteiger partial charge is 0.520 e. The lowest BCUT2D eigenvalue weighted by molar-refractivity contribution is -0.191. The van der Waals surface area contributed by atoms with Crippen molar-refractivity contribution in [2.45, 2.75) is 515 Å². The second kappa shape index (κ2) is 60.8. The van der Waals surface area contributed by atoms with Gasteiger partial charge < -0.3 is 35.4 Å². The molecule has 0 N–H and O–H groups in total. The van der Waals surface area contributed by atoms with Crippen molar-refractivity contribution >= 4 is 133 Å². The zero-order valence-electron chi connectivity index (χ0n) is 83.1. The summed E-state index contributed by atoms with van der Waals surface area (Å²) in [6.07, 6.45) is 40.6. The Kier molecular flexibility index (Phi) is 61.4. The summed E-state index contributed by atoms with van der Waals surface area (Å²) in [7, 11) is -6.91. The lowest BCUT2D eigenvalue weighted by Crippen LogP contribution is -2.41. The van der Waals surface area contributed by atoms with Gasteiger partial charge in [-0.25, -0.2) is 0 Å². The van der Waals surface area contributed by atoms with E-state index in [1.54, 1.807) is 72.5 Å². The van der Waals surface area contributed by atoms with Gasteiger partial charge >= 0.3 is 6.15 Å². The Morgan fingerprint density at radius 3 is 0.422 bits per heavy atom. The quantitative estimate of drug-likeness (QED) is 0.182. The highest BCUT2D eigenvalue weighted by Crippen LogP contribution is 2.39. The summed E-state index contributed by atoms with van der Waals surface area (Å²) in [5.41, 5.74) is 0. The molecular weight excluding hydrogens is 1670 g/mol. The molecular formula is C90H202O12Si14. The summed E-state index contributed by atoms with van der Waals surface area (Å²) in [4.78, 5) is 37.5. The van der Waals surface area contributed by atoms with Gasteiger partial charge in [0.25, 0.3) is 28.6 Å². The molecule has 14 aliphatic heterocycles. The SMILES string of the molecule is CC(=O)O[Si]1(C)CCCC1.CC(=O)O[Si]1(C)CCCC1.CCO[Si]1(C)CCC1.CCO[Si]1(C)CCCC1.CCO[Si]1(C)CCCCC1.CO[Si]1(C)CCC1.CO[Si]1(C)CCCC1.CO[Si]1(C)CCCCC1.C[Si]1(C)CCC1.C[Si]1(C)CCC1.C[Si]1(C)CCCC1.C[Si]1(C)CCCC1.C[Si]1(C)CCCCC1.C[Si]1(C)CCCCC1.O=C=O. The summed E-state index contributed by atoms with van der Waals surface area (Å²) in [6.45, 7) is 60.5. The van der Waals surface area contributed by atoms with Gasteiger partial charge in [0, 0.05) is 103 Å². The molecule has 0 spiro atoms. The molecule has 690 valence electrons. The molecule has 0 aromatic carbocycles. The average molecular weight is 1870 g/mol. The maximum Gasteiger partial charge on any atom is 0.373 e. The van der Waals surface area contributed by atoms with E-state index in [-0.39, 0.29) is 18.1 Å². The van der Waals surface area contributed by atoms with E-state index in [4.69, 9.17) is 45.0 Å². The van der Waals surface area contributed by atoms with Gasteiger partial charge in [0.1, 0.15) is 0 Å². The molecule has 0 aromatic rings. The van der Waals surface area contributed by atoms with E-state index in [0.29, 0.717) is 0 Å². The van der Waals surface area contributed by atoms with Crippen molar-refractivity contribution in [2.24, 2.45) is 0 Å². The lowest BCUT2D eigenvalue weighted by atomic mass is 10.3. The van der Waals surface area contributed by atoms with Crippen LogP contribution in [0.15, 0.2) is 0 Å². The third-order valence-electron chi connectivity index (χ3n) is 28.8. The monoisotopic (exact) mass is 1870 g/mol. The summed E-state index contributed by atoms with van der Waals surface area (Å²) >= 11 is 0. The van der Waals surface area contributed by atoms with E-state index in [1.807, 2.05) is 21.3 Å². The van der Waals surface area contributed by atoms with Gasteiger partial charge in [-0.2, -0.15) is 9.59 Å². The Balaban J connectivity index is 0.00000123. The van der Waals surface area contributed by atoms with Crippen LogP contribution in [0.4, 0.5) is 0 Å². The predicted molar refractivity (Wildman–Crippen MR) is 546 cm³/mol. The van der Waals surface area contributed by atoms with E-state index in [2.05, 4.69) is 152 Å². The zero-order valence-corrected chi connectivity index (χ0v) is 97.1. The Bertz CT molecular complexity index is 2360. The Morgan fingerprint density at radius 1 is 0.207 bits per heavy atom. The molecule has 14 saturated heterocycles. The van der Waals surface area contributed by atoms with Crippen molar-refractivity contribution in [3.05, 3.63) is 0 Å². The Morgan fingerprint density at radius 2 is 0.328 bits per heavy atom. The van der Waals surface area contributed by atoms with Crippen LogP contribution in [0.25, 0.3) is 0 Å². The molecule has 14 fully saturated rings. The van der Waals surface area contributed by atoms with Crippen molar-refractivity contribution in [3.8, 4) is 0 Å². The van der Waals surface area contributed by atoms with Gasteiger partial charge in [-0.1, -0.05) is 331 Å². The molecule has 12 nitrogen and oxygen atoms in total. The minimum absolute atomic E-state index is 0.0870. The fourth-order valence-corrected chi connectivity index (χ4v) is 55.2. The van der Waals surface area contributed by atoms with Crippen LogP contribution in [0.1, 0.15) is 214 Å². The topological polar surface area (TPSA) is 142 Å². The van der Waals surface area contributed by atoms with Crippen LogP contribution in [0, 0.1) is 0 Å². The van der Waals surface area contributed by atoms with Gasteiger partial charge in [0.15, 0.2) is 49.9 Å². The maximum absolute atomic E-state index is 10.6. The molecule has 0 aromatic heterocycles. The maximum atomic E-state index is 10.6. The van der Waals surface area contributed by atoms with Crippen LogP contribution in [0.5, 0.6) is 0 Å². The third kappa shape index (κ3) is 60.0. The van der Waals surface area contributed by atoms with Crippen molar-refractivity contribution in [2.75, 3.05) is 41.2 Å². The molecule has 0 unspecified atom stereocenters. The molecule has 0 aliphatic carbocycles. The average Bonchev–Trinajstić information content (AvgIpc) is 0.965. The van der Waals surface area contributed by atoms with Crippen molar-refractivity contribution < 1.29 is 54.6 Å². The highest BCUT2D eigenvalue weighted by atomic mass is 28.4. The van der Waals surface area contributed by atoms with Crippen molar-refractivity contribution in [1.29, 1.82) is 0 Å². The lowest BCUT2D eigenvalue weighted by Gasteiger charge is -2.34. The fourth-order valence-electron chi connectivity index (χ4n) is 18.9. The zero-order chi connectivity index (χ0) is 88.2. The molecule has 14 heterocycles. The summed E-state index contributed by atoms with van der Waals surface area (Å²) in [5, 5.41) is 0. The van der Waals surface area contributed by atoms with E-state index in [0.717, 1.165) is 19.8 Å². The molecule has 0 saturated carbocycles. The van der Waals surface area contributed by atoms with Crippen LogP contribution in [-0.4, -0.2) is 174 Å². The Hall–Kier alpha value is 1.12. The summed E-state index contributed by atoms with van der Waals surface area (Å²) in [5.74, 6) is -0.174. The number of carbonyl (C=O) groups excluding carboxylic acids is 4. The van der Waals surface area contributed by atoms with Gasteiger partial charge in [0.05, 0.1) is 0 Å². The van der Waals surface area contributed by atoms with E-state index >= 15 is 0 Å². The molecule has 0 radical (unpaired) electrons. The molecule has 14 aliphatic rings. The molecule has 0 amide bonds. The first kappa shape index (κ1) is 117. The molecule has 0 bridgehead atoms. The highest BCUT2D eigenvalue weighted by molar-refractivity contribution is 6.82. The first-order valence-electron chi connectivity index (χ1n) is 49.0. The van der Waals surface area contributed by atoms with Crippen LogP contribution in [0.2, 0.25) is 300 Å². The number of carbonyl (C=O) groups is 2. The molecule has 0 atom stereocenters. The smallest absolute Gasteiger partial charge is 0.373 e. The van der Waals surface area contributed by atoms with Gasteiger partial charge in [-0.15, -0.1) is 0 Å². The minimum atomic E-state index is -1.50. The van der Waals surface area contributed by atoms with E-state index < -0.39 is 115 Å². The second-order valence-electron chi connectivity index (χ2n) is 44.7. The Labute approximate surface area is 737 Å². The summed E-state index contributed by atoms with van der Waals surface area (Å²) < 4.78 is 44.0. The van der Waals surface area contributed by atoms with Crippen LogP contribution < -0.4 is 0 Å². The van der Waals surface area contributed by atoms with E-state index in [9.17, 15) is 9.59 Å². The predicted octanol–water partition coefficient (Wildman–Crippen LogP) is 31.4. The highest BCUT2D eigenvalue weighted by Gasteiger charge is 2.40. The van der Waals surface area contributed by atoms with Crippen LogP contribution >= 0.6 is 0 Å². The first-order valence-corrected chi connectivity index (χ1v) is 92.0. The number of hydrogen-bond donors (Lipinski definition) is 0. The molecule has 26 heteroatoms. The van der Waals surface area contributed by atoms with Crippen molar-refractivity contribution in [3.63, 3.8) is 0 Å². The standard InChI is InChI=1S/C8H18OSi.2C7H14O2Si.2C7H16OSi.2C7H16Si.2C6H14OSi.2C6H14Si.C5H12OSi.2C5H12Si.CO2/c1-3-9-10(2)7-5-4-6-8-10;2*1-7(8)9-10(2)5-3-4-6-10;1-8-9(2)6-4-3-5-7-9;1-3-8-9(2)6-4-5-7-9;2*1-8(2)6-4-3-5-7-8;1-7-8(2)5-3-4-6-8;1-3-7-8(2)5-4-6-8;2*1-7(2)5-3-4-6-7;1-6-7(2)4-3-5-7;2*1-6(2)4-3-5-6;2-1-3/h3-8H2,1-2H3;2*3-6H2,1-2H3;2*3-7H2,1-2H3;2*3-7H2,1-2H3;2*3-6H2,1-2H3;2*3-6H2,1-2H3;3-5H2,1-2H3;2*3-5H2,1-2H3;. The number of rotatable bonds is 11. The number of hydrogen-bond acceptors (Lipinski definition) is 12. The molecule has 116 heavy (non-hydrogen) atoms. The normalized spacial score (nSPS) is 25.4. The summed E-state index contributed by atoms with van der Waals surface area (Å²) in [6, 6.07) is 40.6. The van der Waals surface area contributed by atoms with E-state index in [1.165, 1.54) is 290 Å². The minimum Gasteiger partial charge on any atom is -0.520 e. The van der Waals surface area contributed by atoms with Gasteiger partial charge in [-0.05, 0) is 170 Å². The van der Waals surface area contributed by atoms with Gasteiger partial charge in [0.2, 0.25) is 0 Å². The van der Waals surface area contributed by atoms with Crippen LogP contribution in [0.3, 0.4) is 0 Å². The fraction of sp³-hybridized carbons (Fsp3) is 0.967. The molecule has 14 rings (SSSR count). The van der Waals surface area contributed by atoms with Crippen molar-refractivity contribution in [1.82, 2.24) is 0 Å². The second-order valence-corrected chi connectivity index (χ2v) is 110. The van der Waals surface area contributed by atoms with Gasteiger partial charge in [-0.3, -0.25) is 9.59 Å². The third-order valence-corrected chi connectivity index (χ3v) is 79.3. The van der Waals surface area contributed by atoms with Crippen LogP contribution in [-0.2, 0) is 54.6 Å². The first-order chi connectivity index (χ1) is 54.0.